The Bertz CT molecular complexity index is 947. The molecule has 0 aromatic carbocycles. The second-order valence-electron chi connectivity index (χ2n) is 11.6. The molecule has 0 radical (unpaired) electrons. The number of amides is 4. The molecule has 0 spiro atoms. The monoisotopic (exact) mass is 576 g/mol. The number of carbonyl (C=O) groups excluding carboxylic acids is 4. The third-order valence-corrected chi connectivity index (χ3v) is 8.21. The van der Waals surface area contributed by atoms with E-state index < -0.39 is 65.7 Å². The molecule has 10 nitrogen and oxygen atoms in total. The van der Waals surface area contributed by atoms with Gasteiger partial charge in [0.25, 0.3) is 0 Å². The van der Waals surface area contributed by atoms with Crippen molar-refractivity contribution in [3.8, 4) is 0 Å². The van der Waals surface area contributed by atoms with Crippen LogP contribution in [0.2, 0.25) is 0 Å². The lowest BCUT2D eigenvalue weighted by Crippen LogP contribution is -2.64. The van der Waals surface area contributed by atoms with E-state index in [1.165, 1.54) is 18.9 Å². The first kappa shape index (κ1) is 33.3. The highest BCUT2D eigenvalue weighted by Gasteiger charge is 2.52. The molecule has 40 heavy (non-hydrogen) atoms. The van der Waals surface area contributed by atoms with Gasteiger partial charge in [-0.25, -0.2) is 0 Å². The Morgan fingerprint density at radius 3 is 1.98 bits per heavy atom. The van der Waals surface area contributed by atoms with Crippen molar-refractivity contribution in [2.24, 2.45) is 11.8 Å². The Morgan fingerprint density at radius 1 is 0.950 bits per heavy atom. The lowest BCUT2D eigenvalue weighted by molar-refractivity contribution is -0.192. The minimum atomic E-state index is -5.20. The summed E-state index contributed by atoms with van der Waals surface area (Å²) in [7, 11) is 2.23. The largest absolute Gasteiger partial charge is 0.481 e. The maximum atomic E-state index is 14.0. The van der Waals surface area contributed by atoms with Crippen molar-refractivity contribution >= 4 is 29.6 Å². The molecule has 2 rings (SSSR count). The van der Waals surface area contributed by atoms with Crippen LogP contribution in [0, 0.1) is 11.8 Å². The average Bonchev–Trinajstić information content (AvgIpc) is 3.41. The quantitative estimate of drug-likeness (QED) is 0.390. The van der Waals surface area contributed by atoms with E-state index in [2.05, 4.69) is 5.32 Å². The molecule has 3 atom stereocenters. The van der Waals surface area contributed by atoms with Crippen molar-refractivity contribution in [2.75, 3.05) is 27.2 Å². The number of carboxylic acid groups (broad SMARTS) is 1. The highest BCUT2D eigenvalue weighted by atomic mass is 19.4. The van der Waals surface area contributed by atoms with Crippen LogP contribution in [0.15, 0.2) is 0 Å². The predicted octanol–water partition coefficient (Wildman–Crippen LogP) is 2.80. The second-order valence-corrected chi connectivity index (χ2v) is 11.6. The molecule has 1 heterocycles. The number of likely N-dealkylation sites (tertiary alicyclic amines) is 1. The zero-order valence-corrected chi connectivity index (χ0v) is 24.1. The van der Waals surface area contributed by atoms with Crippen molar-refractivity contribution in [1.82, 2.24) is 20.0 Å². The maximum Gasteiger partial charge on any atom is 0.471 e. The number of aliphatic carboxylic acids is 1. The number of alkyl halides is 3. The number of rotatable bonds is 11. The van der Waals surface area contributed by atoms with Gasteiger partial charge in [0.05, 0.1) is 6.42 Å². The summed E-state index contributed by atoms with van der Waals surface area (Å²) in [6, 6.07) is -2.61. The van der Waals surface area contributed by atoms with Gasteiger partial charge in [-0.3, -0.25) is 24.0 Å². The number of carboxylic acids is 1. The number of nitrogens with zero attached hydrogens (tertiary/aromatic N) is 3. The molecule has 1 aliphatic carbocycles. The Kier molecular flexibility index (Phi) is 11.4. The number of likely N-dealkylation sites (N-methyl/N-ethyl adjacent to an activating group) is 2. The van der Waals surface area contributed by atoms with E-state index in [-0.39, 0.29) is 12.3 Å². The van der Waals surface area contributed by atoms with Crippen molar-refractivity contribution < 1.29 is 42.3 Å². The fourth-order valence-electron chi connectivity index (χ4n) is 5.96. The summed E-state index contributed by atoms with van der Waals surface area (Å²) in [5.41, 5.74) is -1.90. The summed E-state index contributed by atoms with van der Waals surface area (Å²) in [6.45, 7) is 5.44. The minimum Gasteiger partial charge on any atom is -0.481 e. The number of halogens is 3. The standard InChI is InChI=1S/C27H43F3N4O6/c1-17(2)21(22(37)31-19(15-20(35)36)23(38)34-13-9-10-14-34)32(4)24(39)26(3,16-18-11-7-6-8-12-18)33(5)25(40)27(28,29)30/h17-19,21H,6-16H2,1-5H3,(H,31,37)(H,35,36)/t19-,21?,26-/m0/s1. The highest BCUT2D eigenvalue weighted by Crippen LogP contribution is 2.36. The molecule has 2 fully saturated rings. The number of hydrogen-bond acceptors (Lipinski definition) is 5. The van der Waals surface area contributed by atoms with Crippen LogP contribution in [0.5, 0.6) is 0 Å². The lowest BCUT2D eigenvalue weighted by Gasteiger charge is -2.44. The van der Waals surface area contributed by atoms with Gasteiger partial charge in [0.1, 0.15) is 17.6 Å². The summed E-state index contributed by atoms with van der Waals surface area (Å²) < 4.78 is 40.4. The van der Waals surface area contributed by atoms with Crippen LogP contribution in [0.25, 0.3) is 0 Å². The van der Waals surface area contributed by atoms with E-state index in [4.69, 9.17) is 0 Å². The van der Waals surface area contributed by atoms with Crippen LogP contribution in [0.3, 0.4) is 0 Å². The molecule has 1 saturated heterocycles. The van der Waals surface area contributed by atoms with E-state index in [0.29, 0.717) is 30.8 Å². The molecule has 13 heteroatoms. The van der Waals surface area contributed by atoms with Gasteiger partial charge in [-0.2, -0.15) is 13.2 Å². The van der Waals surface area contributed by atoms with Crippen LogP contribution in [0.1, 0.15) is 78.6 Å². The number of nitrogens with one attached hydrogen (secondary N) is 1. The Hall–Kier alpha value is -2.86. The van der Waals surface area contributed by atoms with E-state index in [9.17, 15) is 42.3 Å². The van der Waals surface area contributed by atoms with Gasteiger partial charge in [-0.1, -0.05) is 46.0 Å². The van der Waals surface area contributed by atoms with Crippen molar-refractivity contribution in [3.63, 3.8) is 0 Å². The van der Waals surface area contributed by atoms with E-state index in [0.717, 1.165) is 44.1 Å². The van der Waals surface area contributed by atoms with Crippen LogP contribution in [-0.2, 0) is 24.0 Å². The third kappa shape index (κ3) is 8.09. The molecular formula is C27H43F3N4O6. The van der Waals surface area contributed by atoms with Gasteiger partial charge in [-0.15, -0.1) is 0 Å². The minimum absolute atomic E-state index is 0.00396. The summed E-state index contributed by atoms with van der Waals surface area (Å²) in [5.74, 6) is -6.26. The van der Waals surface area contributed by atoms with Gasteiger partial charge in [-0.05, 0) is 38.0 Å². The molecule has 1 saturated carbocycles. The molecule has 2 aliphatic rings. The van der Waals surface area contributed by atoms with Crippen molar-refractivity contribution in [1.29, 1.82) is 0 Å². The molecule has 4 amide bonds. The molecule has 1 aliphatic heterocycles. The zero-order valence-electron chi connectivity index (χ0n) is 24.1. The first-order valence-corrected chi connectivity index (χ1v) is 13.9. The van der Waals surface area contributed by atoms with E-state index in [1.54, 1.807) is 13.8 Å². The Balaban J connectivity index is 2.37. The van der Waals surface area contributed by atoms with E-state index in [1.807, 2.05) is 0 Å². The normalized spacial score (nSPS) is 19.5. The molecule has 2 N–H and O–H groups in total. The summed E-state index contributed by atoms with van der Waals surface area (Å²) >= 11 is 0. The average molecular weight is 577 g/mol. The van der Waals surface area contributed by atoms with Gasteiger partial charge >= 0.3 is 18.1 Å². The number of carbonyl (C=O) groups is 5. The Labute approximate surface area is 233 Å². The van der Waals surface area contributed by atoms with Gasteiger partial charge in [0.2, 0.25) is 17.7 Å². The topological polar surface area (TPSA) is 127 Å². The molecular weight excluding hydrogens is 533 g/mol. The van der Waals surface area contributed by atoms with Crippen molar-refractivity contribution in [2.45, 2.75) is 102 Å². The Morgan fingerprint density at radius 2 is 1.50 bits per heavy atom. The SMILES string of the molecule is CC(C)C(C(=O)N[C@@H](CC(=O)O)C(=O)N1CCCC1)N(C)C(=O)[C@](C)(CC1CCCCC1)N(C)C(=O)C(F)(F)F. The highest BCUT2D eigenvalue weighted by molar-refractivity contribution is 5.97. The number of hydrogen-bond donors (Lipinski definition) is 2. The van der Waals surface area contributed by atoms with Crippen LogP contribution < -0.4 is 5.32 Å². The van der Waals surface area contributed by atoms with Gasteiger partial charge in [0, 0.05) is 27.2 Å². The molecule has 1 unspecified atom stereocenters. The predicted molar refractivity (Wildman–Crippen MR) is 140 cm³/mol. The maximum absolute atomic E-state index is 14.0. The van der Waals surface area contributed by atoms with Crippen LogP contribution >= 0.6 is 0 Å². The van der Waals surface area contributed by atoms with Gasteiger partial charge in [0.15, 0.2) is 0 Å². The van der Waals surface area contributed by atoms with Crippen LogP contribution in [-0.4, -0.2) is 100 Å². The fourth-order valence-corrected chi connectivity index (χ4v) is 5.96. The first-order chi connectivity index (χ1) is 18.5. The molecule has 228 valence electrons. The zero-order chi connectivity index (χ0) is 30.4. The molecule has 0 bridgehead atoms. The van der Waals surface area contributed by atoms with E-state index >= 15 is 0 Å². The van der Waals surface area contributed by atoms with Crippen LogP contribution in [0.4, 0.5) is 13.2 Å². The molecule has 0 aromatic rings. The molecule has 0 aromatic heterocycles. The van der Waals surface area contributed by atoms with Crippen molar-refractivity contribution in [3.05, 3.63) is 0 Å². The summed E-state index contributed by atoms with van der Waals surface area (Å²) in [5, 5.41) is 11.8. The smallest absolute Gasteiger partial charge is 0.471 e. The second kappa shape index (κ2) is 13.7. The first-order valence-electron chi connectivity index (χ1n) is 13.9. The fraction of sp³-hybridized carbons (Fsp3) is 0.815. The van der Waals surface area contributed by atoms with Gasteiger partial charge < -0.3 is 25.1 Å². The third-order valence-electron chi connectivity index (χ3n) is 8.21. The lowest BCUT2D eigenvalue weighted by atomic mass is 9.78. The summed E-state index contributed by atoms with van der Waals surface area (Å²) in [4.78, 5) is 67.2. The summed E-state index contributed by atoms with van der Waals surface area (Å²) in [6.07, 6.45) is -0.193.